The number of nitrogens with one attached hydrogen (secondary N) is 2. The van der Waals surface area contributed by atoms with Crippen LogP contribution in [0.5, 0.6) is 0 Å². The number of halogens is 1. The van der Waals surface area contributed by atoms with E-state index in [1.807, 2.05) is 36.4 Å². The third-order valence-corrected chi connectivity index (χ3v) is 5.17. The Morgan fingerprint density at radius 1 is 1.00 bits per heavy atom. The molecule has 0 bridgehead atoms. The monoisotopic (exact) mass is 393 g/mol. The van der Waals surface area contributed by atoms with E-state index in [9.17, 15) is 9.18 Å². The maximum atomic E-state index is 13.1. The van der Waals surface area contributed by atoms with Crippen LogP contribution in [-0.2, 0) is 0 Å². The molecular weight excluding hydrogens is 369 g/mol. The molecule has 1 aromatic heterocycles. The number of carbonyl (C=O) groups excluding carboxylic acids is 1. The van der Waals surface area contributed by atoms with Gasteiger partial charge in [-0.25, -0.2) is 9.18 Å². The molecule has 0 atom stereocenters. The van der Waals surface area contributed by atoms with E-state index in [4.69, 9.17) is 0 Å². The van der Waals surface area contributed by atoms with E-state index in [1.54, 1.807) is 12.3 Å². The minimum absolute atomic E-state index is 0.212. The molecule has 0 radical (unpaired) electrons. The zero-order valence-electron chi connectivity index (χ0n) is 16.1. The fourth-order valence-corrected chi connectivity index (χ4v) is 3.58. The lowest BCUT2D eigenvalue weighted by molar-refractivity contribution is 0.240. The zero-order valence-corrected chi connectivity index (χ0v) is 16.1. The van der Waals surface area contributed by atoms with Crippen molar-refractivity contribution in [2.24, 2.45) is 0 Å². The molecule has 0 unspecified atom stereocenters. The average Bonchev–Trinajstić information content (AvgIpc) is 2.75. The summed E-state index contributed by atoms with van der Waals surface area (Å²) < 4.78 is 13.1. The zero-order chi connectivity index (χ0) is 20.1. The molecule has 2 heterocycles. The minimum Gasteiger partial charge on any atom is -0.369 e. The number of aromatic nitrogens is 1. The van der Waals surface area contributed by atoms with Crippen molar-refractivity contribution in [3.63, 3.8) is 0 Å². The molecule has 6 nitrogen and oxygen atoms in total. The molecule has 29 heavy (non-hydrogen) atoms. The Morgan fingerprint density at radius 2 is 1.76 bits per heavy atom. The van der Waals surface area contributed by atoms with Gasteiger partial charge in [0.05, 0.1) is 11.2 Å². The van der Waals surface area contributed by atoms with Gasteiger partial charge in [-0.05, 0) is 36.4 Å². The number of anilines is 2. The largest absolute Gasteiger partial charge is 0.369 e. The lowest BCUT2D eigenvalue weighted by atomic mass is 10.2. The van der Waals surface area contributed by atoms with Crippen molar-refractivity contribution in [2.75, 3.05) is 49.5 Å². The molecule has 150 valence electrons. The van der Waals surface area contributed by atoms with Crippen LogP contribution in [0.3, 0.4) is 0 Å². The van der Waals surface area contributed by atoms with Gasteiger partial charge in [-0.1, -0.05) is 18.2 Å². The minimum atomic E-state index is -0.216. The number of pyridine rings is 1. The predicted octanol–water partition coefficient (Wildman–Crippen LogP) is 3.32. The van der Waals surface area contributed by atoms with Crippen molar-refractivity contribution in [2.45, 2.75) is 0 Å². The topological polar surface area (TPSA) is 60.5 Å². The van der Waals surface area contributed by atoms with Gasteiger partial charge in [0, 0.05) is 56.5 Å². The Labute approximate surface area is 169 Å². The Morgan fingerprint density at radius 3 is 2.55 bits per heavy atom. The van der Waals surface area contributed by atoms with Gasteiger partial charge in [-0.15, -0.1) is 0 Å². The van der Waals surface area contributed by atoms with Crippen molar-refractivity contribution in [3.8, 4) is 0 Å². The summed E-state index contributed by atoms with van der Waals surface area (Å²) in [6, 6.07) is 15.9. The lowest BCUT2D eigenvalue weighted by Gasteiger charge is -2.36. The van der Waals surface area contributed by atoms with Crippen LogP contribution in [0.4, 0.5) is 20.6 Å². The van der Waals surface area contributed by atoms with Crippen molar-refractivity contribution < 1.29 is 9.18 Å². The van der Waals surface area contributed by atoms with E-state index in [2.05, 4.69) is 25.4 Å². The van der Waals surface area contributed by atoms with Crippen LogP contribution in [0, 0.1) is 5.82 Å². The third-order valence-electron chi connectivity index (χ3n) is 5.17. The van der Waals surface area contributed by atoms with E-state index >= 15 is 0 Å². The van der Waals surface area contributed by atoms with Crippen molar-refractivity contribution in [1.82, 2.24) is 15.2 Å². The Kier molecular flexibility index (Phi) is 5.86. The van der Waals surface area contributed by atoms with E-state index in [0.717, 1.165) is 55.0 Å². The molecule has 2 aromatic carbocycles. The number of hydrogen-bond donors (Lipinski definition) is 2. The van der Waals surface area contributed by atoms with Gasteiger partial charge in [0.15, 0.2) is 0 Å². The molecule has 7 heteroatoms. The Balaban J connectivity index is 1.21. The van der Waals surface area contributed by atoms with Crippen LogP contribution in [-0.4, -0.2) is 55.2 Å². The van der Waals surface area contributed by atoms with Gasteiger partial charge in [0.25, 0.3) is 0 Å². The summed E-state index contributed by atoms with van der Waals surface area (Å²) in [6.45, 7) is 4.97. The highest BCUT2D eigenvalue weighted by atomic mass is 19.1. The molecule has 0 saturated carbocycles. The first-order chi connectivity index (χ1) is 14.2. The predicted molar refractivity (Wildman–Crippen MR) is 114 cm³/mol. The van der Waals surface area contributed by atoms with Crippen molar-refractivity contribution in [1.29, 1.82) is 0 Å². The summed E-state index contributed by atoms with van der Waals surface area (Å²) in [6.07, 6.45) is 1.69. The summed E-state index contributed by atoms with van der Waals surface area (Å²) in [7, 11) is 0. The summed E-state index contributed by atoms with van der Waals surface area (Å²) >= 11 is 0. The number of hydrogen-bond acceptors (Lipinski definition) is 4. The molecule has 0 aliphatic carbocycles. The first-order valence-electron chi connectivity index (χ1n) is 9.80. The third kappa shape index (κ3) is 4.81. The summed E-state index contributed by atoms with van der Waals surface area (Å²) in [5, 5.41) is 6.75. The smallest absolute Gasteiger partial charge is 0.319 e. The van der Waals surface area contributed by atoms with E-state index in [-0.39, 0.29) is 11.8 Å². The number of rotatable bonds is 5. The number of nitrogens with zero attached hydrogens (tertiary/aromatic N) is 3. The molecule has 0 spiro atoms. The molecule has 1 aliphatic rings. The maximum absolute atomic E-state index is 13.1. The maximum Gasteiger partial charge on any atom is 0.319 e. The highest BCUT2D eigenvalue weighted by Crippen LogP contribution is 2.20. The second-order valence-corrected chi connectivity index (χ2v) is 7.06. The van der Waals surface area contributed by atoms with Crippen molar-refractivity contribution >= 4 is 28.3 Å². The fourth-order valence-electron chi connectivity index (χ4n) is 3.58. The summed E-state index contributed by atoms with van der Waals surface area (Å²) in [5.41, 5.74) is 2.65. The van der Waals surface area contributed by atoms with Crippen LogP contribution in [0.2, 0.25) is 0 Å². The van der Waals surface area contributed by atoms with E-state index in [1.165, 1.54) is 12.1 Å². The summed E-state index contributed by atoms with van der Waals surface area (Å²) in [5.74, 6) is -0.212. The number of benzene rings is 2. The fraction of sp³-hybridized carbons (Fsp3) is 0.273. The van der Waals surface area contributed by atoms with E-state index in [0.29, 0.717) is 6.54 Å². The van der Waals surface area contributed by atoms with Crippen LogP contribution < -0.4 is 15.5 Å². The first-order valence-corrected chi connectivity index (χ1v) is 9.80. The van der Waals surface area contributed by atoms with Crippen LogP contribution in [0.25, 0.3) is 10.9 Å². The van der Waals surface area contributed by atoms with Gasteiger partial charge >= 0.3 is 6.03 Å². The summed E-state index contributed by atoms with van der Waals surface area (Å²) in [4.78, 5) is 21.1. The van der Waals surface area contributed by atoms with Crippen LogP contribution >= 0.6 is 0 Å². The molecular formula is C22H24FN5O. The first kappa shape index (κ1) is 19.1. The molecule has 2 amide bonds. The van der Waals surface area contributed by atoms with Crippen LogP contribution in [0.1, 0.15) is 0 Å². The normalized spacial score (nSPS) is 14.7. The molecule has 4 rings (SSSR count). The van der Waals surface area contributed by atoms with Gasteiger partial charge < -0.3 is 15.5 Å². The average molecular weight is 393 g/mol. The number of urea groups is 1. The molecule has 1 fully saturated rings. The number of para-hydroxylation sites is 1. The Bertz CT molecular complexity index is 965. The molecule has 2 N–H and O–H groups in total. The highest BCUT2D eigenvalue weighted by molar-refractivity contribution is 6.00. The lowest BCUT2D eigenvalue weighted by Crippen LogP contribution is -2.48. The van der Waals surface area contributed by atoms with Crippen molar-refractivity contribution in [3.05, 3.63) is 66.6 Å². The van der Waals surface area contributed by atoms with Crippen LogP contribution in [0.15, 0.2) is 60.8 Å². The molecule has 1 aliphatic heterocycles. The van der Waals surface area contributed by atoms with Gasteiger partial charge in [0.1, 0.15) is 5.82 Å². The Hall–Kier alpha value is -3.19. The second kappa shape index (κ2) is 8.87. The number of amides is 2. The standard InChI is InChI=1S/C22H24FN5O/c23-17-5-7-18(8-6-17)28-15-13-27(14-16-28)12-11-25-22(29)26-21-9-10-24-20-4-2-1-3-19(20)21/h1-10H,11-16H2,(H2,24,25,26,29). The SMILES string of the molecule is O=C(NCCN1CCN(c2ccc(F)cc2)CC1)Nc1ccnc2ccccc12. The quantitative estimate of drug-likeness (QED) is 0.698. The van der Waals surface area contributed by atoms with Gasteiger partial charge in [-0.2, -0.15) is 0 Å². The molecule has 1 saturated heterocycles. The van der Waals surface area contributed by atoms with Gasteiger partial charge in [-0.3, -0.25) is 9.88 Å². The highest BCUT2D eigenvalue weighted by Gasteiger charge is 2.17. The molecule has 3 aromatic rings. The number of fused-ring (bicyclic) bond motifs is 1. The second-order valence-electron chi connectivity index (χ2n) is 7.06. The number of carbonyl (C=O) groups is 1. The van der Waals surface area contributed by atoms with E-state index < -0.39 is 0 Å². The number of piperazine rings is 1. The van der Waals surface area contributed by atoms with Gasteiger partial charge in [0.2, 0.25) is 0 Å².